The molecule has 2 aromatic heterocycles. The highest BCUT2D eigenvalue weighted by Gasteiger charge is 2.10. The number of hydrogen-bond acceptors (Lipinski definition) is 5. The van der Waals surface area contributed by atoms with Crippen LogP contribution in [0.25, 0.3) is 5.65 Å². The molecule has 2 rings (SSSR count). The first-order valence-electron chi connectivity index (χ1n) is 6.20. The highest BCUT2D eigenvalue weighted by Crippen LogP contribution is 2.19. The first kappa shape index (κ1) is 13.9. The van der Waals surface area contributed by atoms with E-state index in [0.29, 0.717) is 13.2 Å². The lowest BCUT2D eigenvalue weighted by molar-refractivity contribution is -0.142. The predicted molar refractivity (Wildman–Crippen MR) is 75.3 cm³/mol. The van der Waals surface area contributed by atoms with Crippen LogP contribution in [0, 0.1) is 0 Å². The molecule has 2 N–H and O–H groups in total. The fourth-order valence-electron chi connectivity index (χ4n) is 1.76. The molecular weight excluding hydrogens is 262 g/mol. The molecule has 102 valence electrons. The summed E-state index contributed by atoms with van der Waals surface area (Å²) in [7, 11) is 0. The molecule has 0 amide bonds. The Hall–Kier alpha value is -1.53. The van der Waals surface area contributed by atoms with E-state index in [2.05, 4.69) is 4.98 Å². The summed E-state index contributed by atoms with van der Waals surface area (Å²) in [4.78, 5) is 15.9. The second-order valence-electron chi connectivity index (χ2n) is 3.94. The number of carbonyl (C=O) groups is 1. The summed E-state index contributed by atoms with van der Waals surface area (Å²) in [5.74, 6) is 0.604. The first-order chi connectivity index (χ1) is 9.24. The largest absolute Gasteiger partial charge is 0.466 e. The molecule has 0 bridgehead atoms. The number of hydrogen-bond donors (Lipinski definition) is 1. The topological polar surface area (TPSA) is 69.6 Å². The third-order valence-corrected chi connectivity index (χ3v) is 3.57. The number of pyridine rings is 1. The average Bonchev–Trinajstić information content (AvgIpc) is 2.79. The lowest BCUT2D eigenvalue weighted by Crippen LogP contribution is -2.07. The van der Waals surface area contributed by atoms with E-state index >= 15 is 0 Å². The van der Waals surface area contributed by atoms with Crippen molar-refractivity contribution >= 4 is 23.4 Å². The van der Waals surface area contributed by atoms with Crippen LogP contribution < -0.4 is 5.73 Å². The van der Waals surface area contributed by atoms with Gasteiger partial charge in [0.2, 0.25) is 0 Å². The van der Waals surface area contributed by atoms with Gasteiger partial charge in [0.25, 0.3) is 0 Å². The SMILES string of the molecule is CCOC(=O)Cc1cn2c(SCCN)cccc2n1. The van der Waals surface area contributed by atoms with Gasteiger partial charge in [-0.25, -0.2) is 4.98 Å². The Balaban J connectivity index is 2.21. The number of ether oxygens (including phenoxy) is 1. The molecule has 0 spiro atoms. The number of carbonyl (C=O) groups excluding carboxylic acids is 1. The van der Waals surface area contributed by atoms with Gasteiger partial charge in [-0.2, -0.15) is 0 Å². The zero-order valence-electron chi connectivity index (χ0n) is 10.8. The van der Waals surface area contributed by atoms with E-state index in [0.717, 1.165) is 22.1 Å². The second-order valence-corrected chi connectivity index (χ2v) is 5.06. The van der Waals surface area contributed by atoms with Crippen LogP contribution in [0.3, 0.4) is 0 Å². The molecule has 0 saturated carbocycles. The molecule has 0 saturated heterocycles. The van der Waals surface area contributed by atoms with Crippen molar-refractivity contribution in [3.8, 4) is 0 Å². The summed E-state index contributed by atoms with van der Waals surface area (Å²) >= 11 is 1.67. The number of nitrogens with two attached hydrogens (primary N) is 1. The van der Waals surface area contributed by atoms with Crippen molar-refractivity contribution in [1.82, 2.24) is 9.38 Å². The Morgan fingerprint density at radius 1 is 1.53 bits per heavy atom. The number of aromatic nitrogens is 2. The van der Waals surface area contributed by atoms with Gasteiger partial charge in [-0.3, -0.25) is 9.20 Å². The van der Waals surface area contributed by atoms with Gasteiger partial charge >= 0.3 is 5.97 Å². The van der Waals surface area contributed by atoms with Crippen LogP contribution in [-0.2, 0) is 16.0 Å². The van der Waals surface area contributed by atoms with E-state index in [1.165, 1.54) is 0 Å². The molecular formula is C13H17N3O2S. The van der Waals surface area contributed by atoms with Crippen molar-refractivity contribution in [1.29, 1.82) is 0 Å². The van der Waals surface area contributed by atoms with Crippen molar-refractivity contribution in [2.45, 2.75) is 18.4 Å². The zero-order chi connectivity index (χ0) is 13.7. The molecule has 0 atom stereocenters. The summed E-state index contributed by atoms with van der Waals surface area (Å²) < 4.78 is 6.91. The monoisotopic (exact) mass is 279 g/mol. The molecule has 0 unspecified atom stereocenters. The van der Waals surface area contributed by atoms with E-state index in [9.17, 15) is 4.79 Å². The fourth-order valence-corrected chi connectivity index (χ4v) is 2.55. The second kappa shape index (κ2) is 6.58. The summed E-state index contributed by atoms with van der Waals surface area (Å²) in [6, 6.07) is 5.89. The van der Waals surface area contributed by atoms with Crippen molar-refractivity contribution in [3.05, 3.63) is 30.1 Å². The van der Waals surface area contributed by atoms with Crippen LogP contribution >= 0.6 is 11.8 Å². The van der Waals surface area contributed by atoms with Gasteiger partial charge in [0, 0.05) is 18.5 Å². The first-order valence-corrected chi connectivity index (χ1v) is 7.18. The third kappa shape index (κ3) is 3.48. The van der Waals surface area contributed by atoms with Crippen molar-refractivity contribution in [2.24, 2.45) is 5.73 Å². The Morgan fingerprint density at radius 2 is 2.37 bits per heavy atom. The van der Waals surface area contributed by atoms with Crippen LogP contribution in [0.4, 0.5) is 0 Å². The van der Waals surface area contributed by atoms with E-state index < -0.39 is 0 Å². The van der Waals surface area contributed by atoms with Crippen molar-refractivity contribution in [3.63, 3.8) is 0 Å². The maximum absolute atomic E-state index is 11.5. The minimum absolute atomic E-state index is 0.205. The van der Waals surface area contributed by atoms with Crippen LogP contribution in [-0.4, -0.2) is 34.3 Å². The van der Waals surface area contributed by atoms with Gasteiger partial charge in [-0.15, -0.1) is 11.8 Å². The van der Waals surface area contributed by atoms with Crippen LogP contribution in [0.15, 0.2) is 29.4 Å². The molecule has 0 radical (unpaired) electrons. The van der Waals surface area contributed by atoms with Gasteiger partial charge in [0.15, 0.2) is 0 Å². The number of fused-ring (bicyclic) bond motifs is 1. The molecule has 0 fully saturated rings. The number of esters is 1. The average molecular weight is 279 g/mol. The lowest BCUT2D eigenvalue weighted by Gasteiger charge is -2.02. The molecule has 0 aliphatic carbocycles. The summed E-state index contributed by atoms with van der Waals surface area (Å²) in [6.45, 7) is 2.82. The van der Waals surface area contributed by atoms with Crippen molar-refractivity contribution in [2.75, 3.05) is 18.9 Å². The van der Waals surface area contributed by atoms with Gasteiger partial charge in [-0.1, -0.05) is 6.07 Å². The molecule has 0 aliphatic heterocycles. The van der Waals surface area contributed by atoms with Crippen LogP contribution in [0.2, 0.25) is 0 Å². The standard InChI is InChI=1S/C13H17N3O2S/c1-2-18-13(17)8-10-9-16-11(15-10)4-3-5-12(16)19-7-6-14/h3-5,9H,2,6-8,14H2,1H3. The minimum Gasteiger partial charge on any atom is -0.466 e. The van der Waals surface area contributed by atoms with Crippen LogP contribution in [0.5, 0.6) is 0 Å². The normalized spacial score (nSPS) is 10.8. The van der Waals surface area contributed by atoms with E-state index in [1.807, 2.05) is 28.8 Å². The Kier molecular flexibility index (Phi) is 4.81. The van der Waals surface area contributed by atoms with E-state index in [4.69, 9.17) is 10.5 Å². The maximum atomic E-state index is 11.5. The van der Waals surface area contributed by atoms with E-state index in [-0.39, 0.29) is 12.4 Å². The molecule has 0 aliphatic rings. The minimum atomic E-state index is -0.248. The fraction of sp³-hybridized carbons (Fsp3) is 0.385. The summed E-state index contributed by atoms with van der Waals surface area (Å²) in [5.41, 5.74) is 7.07. The number of nitrogens with zero attached hydrogens (tertiary/aromatic N) is 2. The van der Waals surface area contributed by atoms with Gasteiger partial charge in [0.05, 0.1) is 23.7 Å². The zero-order valence-corrected chi connectivity index (χ0v) is 11.7. The summed E-state index contributed by atoms with van der Waals surface area (Å²) in [6.07, 6.45) is 2.08. The number of thioether (sulfide) groups is 1. The van der Waals surface area contributed by atoms with Gasteiger partial charge in [0.1, 0.15) is 5.65 Å². The highest BCUT2D eigenvalue weighted by molar-refractivity contribution is 7.99. The summed E-state index contributed by atoms with van der Waals surface area (Å²) in [5, 5.41) is 1.07. The highest BCUT2D eigenvalue weighted by atomic mass is 32.2. The molecule has 5 nitrogen and oxygen atoms in total. The lowest BCUT2D eigenvalue weighted by atomic mass is 10.3. The molecule has 0 aromatic carbocycles. The Morgan fingerprint density at radius 3 is 3.11 bits per heavy atom. The number of imidazole rings is 1. The quantitative estimate of drug-likeness (QED) is 0.641. The number of rotatable bonds is 6. The predicted octanol–water partition coefficient (Wildman–Crippen LogP) is 1.49. The molecule has 6 heteroatoms. The molecule has 2 heterocycles. The maximum Gasteiger partial charge on any atom is 0.311 e. The van der Waals surface area contributed by atoms with Gasteiger partial charge in [-0.05, 0) is 19.1 Å². The van der Waals surface area contributed by atoms with E-state index in [1.54, 1.807) is 18.7 Å². The van der Waals surface area contributed by atoms with Gasteiger partial charge < -0.3 is 10.5 Å². The molecule has 19 heavy (non-hydrogen) atoms. The smallest absolute Gasteiger partial charge is 0.311 e. The van der Waals surface area contributed by atoms with Crippen LogP contribution in [0.1, 0.15) is 12.6 Å². The Bertz CT molecular complexity index is 568. The van der Waals surface area contributed by atoms with Crippen molar-refractivity contribution < 1.29 is 9.53 Å². The third-order valence-electron chi connectivity index (χ3n) is 2.50. The molecule has 2 aromatic rings. The Labute approximate surface area is 116 Å².